The SMILES string of the molecule is O=C(Nc1ccc(-c2nc3ccccc3[nH]2)cc1)c1ccc(-c2cccnc2)s1. The predicted molar refractivity (Wildman–Crippen MR) is 117 cm³/mol. The molecule has 0 aliphatic rings. The fourth-order valence-electron chi connectivity index (χ4n) is 3.12. The molecule has 0 aliphatic heterocycles. The van der Waals surface area contributed by atoms with Gasteiger partial charge in [-0.25, -0.2) is 4.98 Å². The van der Waals surface area contributed by atoms with Gasteiger partial charge in [-0.1, -0.05) is 18.2 Å². The zero-order valence-electron chi connectivity index (χ0n) is 15.3. The van der Waals surface area contributed by atoms with Gasteiger partial charge < -0.3 is 10.3 Å². The number of imidazole rings is 1. The van der Waals surface area contributed by atoms with E-state index in [1.165, 1.54) is 11.3 Å². The van der Waals surface area contributed by atoms with Gasteiger partial charge in [0, 0.05) is 34.1 Å². The number of para-hydroxylation sites is 2. The van der Waals surface area contributed by atoms with Crippen molar-refractivity contribution in [2.45, 2.75) is 0 Å². The zero-order valence-corrected chi connectivity index (χ0v) is 16.1. The van der Waals surface area contributed by atoms with Crippen LogP contribution in [0.25, 0.3) is 32.9 Å². The molecule has 3 aromatic heterocycles. The Hall–Kier alpha value is -3.77. The molecule has 0 bridgehead atoms. The van der Waals surface area contributed by atoms with Crippen LogP contribution in [-0.2, 0) is 0 Å². The Kier molecular flexibility index (Phi) is 4.38. The smallest absolute Gasteiger partial charge is 0.265 e. The molecule has 140 valence electrons. The maximum Gasteiger partial charge on any atom is 0.265 e. The average Bonchev–Trinajstić information content (AvgIpc) is 3.42. The first-order valence-electron chi connectivity index (χ1n) is 9.13. The van der Waals surface area contributed by atoms with Crippen LogP contribution in [0.4, 0.5) is 5.69 Å². The van der Waals surface area contributed by atoms with Crippen molar-refractivity contribution in [3.63, 3.8) is 0 Å². The molecule has 0 saturated carbocycles. The number of carbonyl (C=O) groups is 1. The fraction of sp³-hybridized carbons (Fsp3) is 0. The van der Waals surface area contributed by atoms with Gasteiger partial charge in [0.25, 0.3) is 5.91 Å². The van der Waals surface area contributed by atoms with Crippen molar-refractivity contribution in [2.75, 3.05) is 5.32 Å². The number of fused-ring (bicyclic) bond motifs is 1. The number of hydrogen-bond acceptors (Lipinski definition) is 4. The highest BCUT2D eigenvalue weighted by Crippen LogP contribution is 2.28. The van der Waals surface area contributed by atoms with Gasteiger partial charge in [0.1, 0.15) is 5.82 Å². The van der Waals surface area contributed by atoms with E-state index in [0.29, 0.717) is 4.88 Å². The Morgan fingerprint density at radius 1 is 0.897 bits per heavy atom. The van der Waals surface area contributed by atoms with Gasteiger partial charge in [-0.3, -0.25) is 9.78 Å². The van der Waals surface area contributed by atoms with Crippen LogP contribution >= 0.6 is 11.3 Å². The van der Waals surface area contributed by atoms with Crippen molar-refractivity contribution in [1.82, 2.24) is 15.0 Å². The van der Waals surface area contributed by atoms with E-state index in [4.69, 9.17) is 0 Å². The van der Waals surface area contributed by atoms with Crippen molar-refractivity contribution in [2.24, 2.45) is 0 Å². The zero-order chi connectivity index (χ0) is 19.6. The number of hydrogen-bond donors (Lipinski definition) is 2. The predicted octanol–water partition coefficient (Wildman–Crippen LogP) is 5.61. The molecule has 0 fully saturated rings. The summed E-state index contributed by atoms with van der Waals surface area (Å²) in [6.45, 7) is 0. The lowest BCUT2D eigenvalue weighted by Crippen LogP contribution is -2.09. The third kappa shape index (κ3) is 3.53. The molecule has 29 heavy (non-hydrogen) atoms. The summed E-state index contributed by atoms with van der Waals surface area (Å²) in [7, 11) is 0. The van der Waals surface area contributed by atoms with E-state index in [0.717, 1.165) is 38.5 Å². The molecule has 2 aromatic carbocycles. The second-order valence-electron chi connectivity index (χ2n) is 6.54. The number of pyridine rings is 1. The number of aromatic nitrogens is 3. The molecule has 2 N–H and O–H groups in total. The summed E-state index contributed by atoms with van der Waals surface area (Å²) >= 11 is 1.45. The number of amides is 1. The molecule has 0 aliphatic carbocycles. The van der Waals surface area contributed by atoms with Gasteiger partial charge in [0.2, 0.25) is 0 Å². The van der Waals surface area contributed by atoms with Crippen molar-refractivity contribution in [1.29, 1.82) is 0 Å². The lowest BCUT2D eigenvalue weighted by atomic mass is 10.2. The van der Waals surface area contributed by atoms with E-state index in [9.17, 15) is 4.79 Å². The first kappa shape index (κ1) is 17.3. The normalized spacial score (nSPS) is 10.9. The third-order valence-electron chi connectivity index (χ3n) is 4.58. The van der Waals surface area contributed by atoms with E-state index in [1.54, 1.807) is 12.4 Å². The Bertz CT molecular complexity index is 1260. The summed E-state index contributed by atoms with van der Waals surface area (Å²) in [5, 5.41) is 2.95. The van der Waals surface area contributed by atoms with Gasteiger partial charge in [-0.05, 0) is 54.6 Å². The van der Waals surface area contributed by atoms with Gasteiger partial charge in [-0.2, -0.15) is 0 Å². The number of thiophene rings is 1. The summed E-state index contributed by atoms with van der Waals surface area (Å²) < 4.78 is 0. The van der Waals surface area contributed by atoms with E-state index < -0.39 is 0 Å². The molecule has 3 heterocycles. The lowest BCUT2D eigenvalue weighted by Gasteiger charge is -2.04. The van der Waals surface area contributed by atoms with Gasteiger partial charge >= 0.3 is 0 Å². The fourth-order valence-corrected chi connectivity index (χ4v) is 4.01. The number of H-pyrrole nitrogens is 1. The minimum absolute atomic E-state index is 0.123. The first-order chi connectivity index (χ1) is 14.3. The van der Waals surface area contributed by atoms with Crippen LogP contribution in [0.1, 0.15) is 9.67 Å². The molecule has 5 aromatic rings. The van der Waals surface area contributed by atoms with Gasteiger partial charge in [-0.15, -0.1) is 11.3 Å². The summed E-state index contributed by atoms with van der Waals surface area (Å²) in [6.07, 6.45) is 3.53. The Morgan fingerprint density at radius 2 is 1.76 bits per heavy atom. The maximum atomic E-state index is 12.6. The second kappa shape index (κ2) is 7.33. The molecule has 0 unspecified atom stereocenters. The topological polar surface area (TPSA) is 70.7 Å². The quantitative estimate of drug-likeness (QED) is 0.415. The summed E-state index contributed by atoms with van der Waals surface area (Å²) in [4.78, 5) is 26.3. The van der Waals surface area contributed by atoms with Crippen LogP contribution in [0, 0.1) is 0 Å². The van der Waals surface area contributed by atoms with Gasteiger partial charge in [0.05, 0.1) is 15.9 Å². The van der Waals surface area contributed by atoms with E-state index in [1.807, 2.05) is 72.8 Å². The van der Waals surface area contributed by atoms with Crippen LogP contribution in [0.2, 0.25) is 0 Å². The number of rotatable bonds is 4. The number of benzene rings is 2. The average molecular weight is 396 g/mol. The van der Waals surface area contributed by atoms with Crippen molar-refractivity contribution < 1.29 is 4.79 Å². The van der Waals surface area contributed by atoms with Crippen molar-refractivity contribution in [3.8, 4) is 21.8 Å². The first-order valence-corrected chi connectivity index (χ1v) is 9.95. The van der Waals surface area contributed by atoms with Gasteiger partial charge in [0.15, 0.2) is 0 Å². The molecule has 5 nitrogen and oxygen atoms in total. The minimum Gasteiger partial charge on any atom is -0.338 e. The van der Waals surface area contributed by atoms with Crippen LogP contribution in [0.3, 0.4) is 0 Å². The van der Waals surface area contributed by atoms with Crippen LogP contribution in [-0.4, -0.2) is 20.9 Å². The molecule has 0 atom stereocenters. The highest BCUT2D eigenvalue weighted by Gasteiger charge is 2.11. The molecule has 1 amide bonds. The highest BCUT2D eigenvalue weighted by atomic mass is 32.1. The van der Waals surface area contributed by atoms with E-state index >= 15 is 0 Å². The number of nitrogens with one attached hydrogen (secondary N) is 2. The molecular weight excluding hydrogens is 380 g/mol. The molecule has 0 spiro atoms. The maximum absolute atomic E-state index is 12.6. The standard InChI is InChI=1S/C23H16N4OS/c28-23(21-12-11-20(29-21)16-4-3-13-24-14-16)25-17-9-7-15(8-10-17)22-26-18-5-1-2-6-19(18)27-22/h1-14H,(H,25,28)(H,26,27). The summed E-state index contributed by atoms with van der Waals surface area (Å²) in [5.74, 6) is 0.685. The molecular formula is C23H16N4OS. The monoisotopic (exact) mass is 396 g/mol. The Morgan fingerprint density at radius 3 is 2.55 bits per heavy atom. The van der Waals surface area contributed by atoms with Crippen molar-refractivity contribution in [3.05, 3.63) is 90.1 Å². The van der Waals surface area contributed by atoms with E-state index in [-0.39, 0.29) is 5.91 Å². The Balaban J connectivity index is 1.32. The summed E-state index contributed by atoms with van der Waals surface area (Å²) in [6, 6.07) is 23.2. The molecule has 0 saturated heterocycles. The second-order valence-corrected chi connectivity index (χ2v) is 7.62. The highest BCUT2D eigenvalue weighted by molar-refractivity contribution is 7.17. The summed E-state index contributed by atoms with van der Waals surface area (Å²) in [5.41, 5.74) is 4.65. The number of carbonyl (C=O) groups excluding carboxylic acids is 1. The molecule has 6 heteroatoms. The number of aromatic amines is 1. The number of anilines is 1. The van der Waals surface area contributed by atoms with Crippen LogP contribution in [0.15, 0.2) is 85.2 Å². The van der Waals surface area contributed by atoms with E-state index in [2.05, 4.69) is 20.3 Å². The Labute approximate surface area is 171 Å². The van der Waals surface area contributed by atoms with Crippen LogP contribution < -0.4 is 5.32 Å². The molecule has 0 radical (unpaired) electrons. The molecule has 5 rings (SSSR count). The lowest BCUT2D eigenvalue weighted by molar-refractivity contribution is 0.103. The largest absolute Gasteiger partial charge is 0.338 e. The van der Waals surface area contributed by atoms with Crippen LogP contribution in [0.5, 0.6) is 0 Å². The number of nitrogens with zero attached hydrogens (tertiary/aromatic N) is 2. The minimum atomic E-state index is -0.123. The third-order valence-corrected chi connectivity index (χ3v) is 5.71. The van der Waals surface area contributed by atoms with Crippen molar-refractivity contribution >= 4 is 34.0 Å².